The number of nitrogens with zero attached hydrogens (tertiary/aromatic N) is 4. The molecule has 0 radical (unpaired) electrons. The monoisotopic (exact) mass is 405 g/mol. The number of amides is 1. The molecule has 0 saturated carbocycles. The van der Waals surface area contributed by atoms with E-state index in [1.54, 1.807) is 42.5 Å². The number of hydrogen-bond donors (Lipinski definition) is 1. The number of benzene rings is 4. The molecule has 6 heteroatoms. The zero-order valence-corrected chi connectivity index (χ0v) is 16.6. The Morgan fingerprint density at radius 3 is 1.61 bits per heavy atom. The average molecular weight is 405 g/mol. The second-order valence-electron chi connectivity index (χ2n) is 6.59. The van der Waals surface area contributed by atoms with Crippen molar-refractivity contribution in [2.75, 3.05) is 5.32 Å². The maximum atomic E-state index is 12.8. The Hall–Kier alpha value is -4.45. The molecule has 0 saturated heterocycles. The van der Waals surface area contributed by atoms with Crippen molar-refractivity contribution in [2.45, 2.75) is 0 Å². The van der Waals surface area contributed by atoms with Gasteiger partial charge in [0.1, 0.15) is 0 Å². The van der Waals surface area contributed by atoms with E-state index in [9.17, 15) is 4.79 Å². The summed E-state index contributed by atoms with van der Waals surface area (Å²) in [4.78, 5) is 12.8. The van der Waals surface area contributed by atoms with Gasteiger partial charge in [0.05, 0.1) is 28.3 Å². The van der Waals surface area contributed by atoms with E-state index in [0.717, 1.165) is 11.4 Å². The first kappa shape index (κ1) is 19.8. The van der Waals surface area contributed by atoms with Gasteiger partial charge in [-0.1, -0.05) is 48.5 Å². The molecule has 6 nitrogen and oxygen atoms in total. The molecule has 0 aliphatic carbocycles. The number of anilines is 1. The van der Waals surface area contributed by atoms with E-state index in [2.05, 4.69) is 25.8 Å². The van der Waals surface area contributed by atoms with E-state index in [4.69, 9.17) is 0 Å². The summed E-state index contributed by atoms with van der Waals surface area (Å²) in [5, 5.41) is 19.7. The van der Waals surface area contributed by atoms with Crippen LogP contribution in [0.1, 0.15) is 10.4 Å². The van der Waals surface area contributed by atoms with Crippen molar-refractivity contribution >= 4 is 34.3 Å². The van der Waals surface area contributed by atoms with E-state index < -0.39 is 0 Å². The van der Waals surface area contributed by atoms with Crippen molar-refractivity contribution < 1.29 is 4.79 Å². The Kier molecular flexibility index (Phi) is 6.30. The molecule has 0 heterocycles. The molecule has 4 aromatic carbocycles. The number of nitrogens with one attached hydrogen (secondary N) is 1. The lowest BCUT2D eigenvalue weighted by molar-refractivity contribution is 0.102. The second-order valence-corrected chi connectivity index (χ2v) is 6.59. The maximum absolute atomic E-state index is 12.8. The molecule has 0 unspecified atom stereocenters. The largest absolute Gasteiger partial charge is 0.322 e. The van der Waals surface area contributed by atoms with Crippen LogP contribution in [0, 0.1) is 0 Å². The van der Waals surface area contributed by atoms with Gasteiger partial charge in [0.15, 0.2) is 0 Å². The van der Waals surface area contributed by atoms with E-state index in [-0.39, 0.29) is 5.91 Å². The Balaban J connectivity index is 1.45. The molecule has 0 aliphatic rings. The van der Waals surface area contributed by atoms with Gasteiger partial charge in [-0.3, -0.25) is 4.79 Å². The lowest BCUT2D eigenvalue weighted by Crippen LogP contribution is -2.11. The van der Waals surface area contributed by atoms with Crippen molar-refractivity contribution in [2.24, 2.45) is 20.5 Å². The van der Waals surface area contributed by atoms with Crippen LogP contribution in [0.15, 0.2) is 130 Å². The van der Waals surface area contributed by atoms with Crippen molar-refractivity contribution in [1.82, 2.24) is 0 Å². The highest BCUT2D eigenvalue weighted by atomic mass is 16.1. The van der Waals surface area contributed by atoms with Crippen LogP contribution in [0.3, 0.4) is 0 Å². The van der Waals surface area contributed by atoms with Crippen LogP contribution < -0.4 is 5.32 Å². The Morgan fingerprint density at radius 2 is 1.00 bits per heavy atom. The Bertz CT molecular complexity index is 1200. The summed E-state index contributed by atoms with van der Waals surface area (Å²) in [5.41, 5.74) is 3.78. The molecule has 4 rings (SSSR count). The summed E-state index contributed by atoms with van der Waals surface area (Å²) >= 11 is 0. The second kappa shape index (κ2) is 9.84. The lowest BCUT2D eigenvalue weighted by atomic mass is 10.1. The number of azo groups is 2. The third-order valence-electron chi connectivity index (χ3n) is 4.34. The highest BCUT2D eigenvalue weighted by Crippen LogP contribution is 2.24. The summed E-state index contributed by atoms with van der Waals surface area (Å²) in [7, 11) is 0. The predicted octanol–water partition coefficient (Wildman–Crippen LogP) is 7.77. The molecular weight excluding hydrogens is 386 g/mol. The van der Waals surface area contributed by atoms with Gasteiger partial charge in [0.25, 0.3) is 5.91 Å². The van der Waals surface area contributed by atoms with Crippen LogP contribution in [-0.4, -0.2) is 5.91 Å². The van der Waals surface area contributed by atoms with Crippen molar-refractivity contribution in [3.05, 3.63) is 115 Å². The fourth-order valence-electron chi connectivity index (χ4n) is 2.78. The molecule has 150 valence electrons. The highest BCUT2D eigenvalue weighted by Gasteiger charge is 2.11. The minimum absolute atomic E-state index is 0.263. The van der Waals surface area contributed by atoms with E-state index in [1.807, 2.05) is 66.7 Å². The zero-order valence-electron chi connectivity index (χ0n) is 16.6. The molecule has 0 aliphatic heterocycles. The van der Waals surface area contributed by atoms with E-state index >= 15 is 0 Å². The van der Waals surface area contributed by atoms with Gasteiger partial charge < -0.3 is 5.32 Å². The zero-order chi connectivity index (χ0) is 21.3. The number of carbonyl (C=O) groups excluding carboxylic acids is 1. The molecule has 4 aromatic rings. The van der Waals surface area contributed by atoms with Crippen LogP contribution in [0.5, 0.6) is 0 Å². The normalized spacial score (nSPS) is 11.1. The average Bonchev–Trinajstić information content (AvgIpc) is 2.84. The van der Waals surface area contributed by atoms with Crippen molar-refractivity contribution in [3.8, 4) is 0 Å². The number of rotatable bonds is 6. The number of hydrogen-bond acceptors (Lipinski definition) is 5. The van der Waals surface area contributed by atoms with Gasteiger partial charge in [-0.2, -0.15) is 15.3 Å². The first-order chi connectivity index (χ1) is 15.3. The van der Waals surface area contributed by atoms with Crippen LogP contribution in [0.2, 0.25) is 0 Å². The summed E-state index contributed by atoms with van der Waals surface area (Å²) in [5.74, 6) is -0.263. The Labute approximate surface area is 180 Å². The molecule has 0 aromatic heterocycles. The third kappa shape index (κ3) is 5.55. The van der Waals surface area contributed by atoms with Crippen LogP contribution in [0.25, 0.3) is 0 Å². The van der Waals surface area contributed by atoms with Crippen molar-refractivity contribution in [3.63, 3.8) is 0 Å². The van der Waals surface area contributed by atoms with Gasteiger partial charge in [-0.05, 0) is 60.7 Å². The quantitative estimate of drug-likeness (QED) is 0.327. The first-order valence-corrected chi connectivity index (χ1v) is 9.72. The molecule has 1 N–H and O–H groups in total. The van der Waals surface area contributed by atoms with Crippen molar-refractivity contribution in [1.29, 1.82) is 0 Å². The van der Waals surface area contributed by atoms with E-state index in [1.165, 1.54) is 0 Å². The summed E-state index contributed by atoms with van der Waals surface area (Å²) in [6, 6.07) is 33.1. The smallest absolute Gasteiger partial charge is 0.257 e. The fraction of sp³-hybridized carbons (Fsp3) is 0. The van der Waals surface area contributed by atoms with Crippen LogP contribution in [-0.2, 0) is 0 Å². The lowest BCUT2D eigenvalue weighted by Gasteiger charge is -2.07. The molecular formula is C25H19N5O. The van der Waals surface area contributed by atoms with E-state index in [0.29, 0.717) is 22.6 Å². The molecule has 0 atom stereocenters. The molecule has 0 fully saturated rings. The predicted molar refractivity (Wildman–Crippen MR) is 122 cm³/mol. The summed E-state index contributed by atoms with van der Waals surface area (Å²) in [6.45, 7) is 0. The minimum atomic E-state index is -0.263. The van der Waals surface area contributed by atoms with Gasteiger partial charge in [0, 0.05) is 5.69 Å². The number of carbonyl (C=O) groups is 1. The summed E-state index contributed by atoms with van der Waals surface area (Å²) in [6.07, 6.45) is 0. The minimum Gasteiger partial charge on any atom is -0.322 e. The van der Waals surface area contributed by atoms with Gasteiger partial charge in [-0.25, -0.2) is 0 Å². The SMILES string of the molecule is O=C(Nc1ccc(N=Nc2ccccc2)cc1)c1ccccc1N=Nc1ccccc1. The molecule has 1 amide bonds. The standard InChI is InChI=1S/C25H19N5O/c31-25(23-13-7-8-14-24(23)30-29-21-11-5-2-6-12-21)26-19-15-17-22(18-16-19)28-27-20-9-3-1-4-10-20/h1-18H,(H,26,31). The molecule has 31 heavy (non-hydrogen) atoms. The van der Waals surface area contributed by atoms with Gasteiger partial charge in [0.2, 0.25) is 0 Å². The maximum Gasteiger partial charge on any atom is 0.257 e. The highest BCUT2D eigenvalue weighted by molar-refractivity contribution is 6.07. The van der Waals surface area contributed by atoms with Gasteiger partial charge >= 0.3 is 0 Å². The van der Waals surface area contributed by atoms with Crippen LogP contribution >= 0.6 is 0 Å². The van der Waals surface area contributed by atoms with Crippen LogP contribution in [0.4, 0.5) is 28.4 Å². The molecule has 0 bridgehead atoms. The Morgan fingerprint density at radius 1 is 0.516 bits per heavy atom. The topological polar surface area (TPSA) is 78.5 Å². The van der Waals surface area contributed by atoms with Gasteiger partial charge in [-0.15, -0.1) is 5.11 Å². The third-order valence-corrected chi connectivity index (χ3v) is 4.34. The first-order valence-electron chi connectivity index (χ1n) is 9.72. The summed E-state index contributed by atoms with van der Waals surface area (Å²) < 4.78 is 0. The fourth-order valence-corrected chi connectivity index (χ4v) is 2.78. The molecule has 0 spiro atoms.